The van der Waals surface area contributed by atoms with Crippen LogP contribution in [-0.2, 0) is 11.2 Å². The van der Waals surface area contributed by atoms with Crippen LogP contribution in [-0.4, -0.2) is 35.2 Å². The molecule has 2 aromatic rings. The number of amides is 1. The number of piperidine rings is 1. The van der Waals surface area contributed by atoms with Crippen LogP contribution < -0.4 is 16.0 Å². The Hall–Kier alpha value is -1.99. The lowest BCUT2D eigenvalue weighted by Crippen LogP contribution is -2.35. The average Bonchev–Trinajstić information content (AvgIpc) is 2.96. The van der Waals surface area contributed by atoms with Gasteiger partial charge in [0, 0.05) is 6.04 Å². The quantitative estimate of drug-likeness (QED) is 0.785. The molecule has 3 N–H and O–H groups in total. The number of carbonyl (C=O) groups is 1. The normalized spacial score (nSPS) is 15.5. The van der Waals surface area contributed by atoms with E-state index < -0.39 is 0 Å². The second-order valence-corrected chi connectivity index (χ2v) is 6.27. The first-order valence-electron chi connectivity index (χ1n) is 7.44. The number of hydrogen-bond donors (Lipinski definition) is 3. The molecule has 2 heterocycles. The van der Waals surface area contributed by atoms with E-state index in [2.05, 4.69) is 26.1 Å². The van der Waals surface area contributed by atoms with Crippen molar-refractivity contribution in [3.63, 3.8) is 0 Å². The van der Waals surface area contributed by atoms with E-state index in [1.165, 1.54) is 11.3 Å². The van der Waals surface area contributed by atoms with Crippen molar-refractivity contribution in [1.82, 2.24) is 15.5 Å². The SMILES string of the molecule is O=C(Cc1ccccc1)Nc1nnc(NC2CCNCC2)s1. The maximum atomic E-state index is 12.0. The first-order chi connectivity index (χ1) is 10.8. The molecule has 1 aromatic heterocycles. The molecular formula is C15H19N5OS. The number of rotatable bonds is 5. The summed E-state index contributed by atoms with van der Waals surface area (Å²) >= 11 is 1.38. The van der Waals surface area contributed by atoms with Crippen LogP contribution in [0.5, 0.6) is 0 Å². The van der Waals surface area contributed by atoms with Crippen LogP contribution in [0.1, 0.15) is 18.4 Å². The number of benzene rings is 1. The van der Waals surface area contributed by atoms with E-state index in [0.29, 0.717) is 17.6 Å². The second kappa shape index (κ2) is 7.33. The van der Waals surface area contributed by atoms with E-state index in [4.69, 9.17) is 0 Å². The van der Waals surface area contributed by atoms with Gasteiger partial charge in [0.25, 0.3) is 0 Å². The van der Waals surface area contributed by atoms with Crippen molar-refractivity contribution in [3.8, 4) is 0 Å². The van der Waals surface area contributed by atoms with Gasteiger partial charge in [0.1, 0.15) is 0 Å². The standard InChI is InChI=1S/C15H19N5OS/c21-13(10-11-4-2-1-3-5-11)18-15-20-19-14(22-15)17-12-6-8-16-9-7-12/h1-5,12,16H,6-10H2,(H,17,19)(H,18,20,21). The molecule has 1 saturated heterocycles. The molecule has 0 atom stereocenters. The summed E-state index contributed by atoms with van der Waals surface area (Å²) in [5.41, 5.74) is 0.984. The van der Waals surface area contributed by atoms with Gasteiger partial charge < -0.3 is 16.0 Å². The fourth-order valence-corrected chi connectivity index (χ4v) is 3.15. The smallest absolute Gasteiger partial charge is 0.230 e. The number of carbonyl (C=O) groups excluding carboxylic acids is 1. The molecule has 1 aliphatic rings. The van der Waals surface area contributed by atoms with Crippen LogP contribution in [0.4, 0.5) is 10.3 Å². The Balaban J connectivity index is 1.51. The van der Waals surface area contributed by atoms with Gasteiger partial charge in [-0.3, -0.25) is 4.79 Å². The zero-order valence-electron chi connectivity index (χ0n) is 12.2. The van der Waals surface area contributed by atoms with Crippen molar-refractivity contribution in [2.24, 2.45) is 0 Å². The van der Waals surface area contributed by atoms with Crippen molar-refractivity contribution in [1.29, 1.82) is 0 Å². The summed E-state index contributed by atoms with van der Waals surface area (Å²) in [5, 5.41) is 18.9. The highest BCUT2D eigenvalue weighted by molar-refractivity contribution is 7.19. The molecule has 7 heteroatoms. The highest BCUT2D eigenvalue weighted by Crippen LogP contribution is 2.22. The van der Waals surface area contributed by atoms with Gasteiger partial charge in [-0.25, -0.2) is 0 Å². The highest BCUT2D eigenvalue weighted by Gasteiger charge is 2.15. The molecule has 1 aliphatic heterocycles. The van der Waals surface area contributed by atoms with Gasteiger partial charge in [-0.15, -0.1) is 10.2 Å². The van der Waals surface area contributed by atoms with E-state index in [1.54, 1.807) is 0 Å². The van der Waals surface area contributed by atoms with Gasteiger partial charge in [-0.1, -0.05) is 41.7 Å². The molecule has 3 rings (SSSR count). The van der Waals surface area contributed by atoms with E-state index >= 15 is 0 Å². The second-order valence-electron chi connectivity index (χ2n) is 5.29. The third-order valence-corrected chi connectivity index (χ3v) is 4.32. The molecule has 1 fully saturated rings. The van der Waals surface area contributed by atoms with Crippen molar-refractivity contribution in [3.05, 3.63) is 35.9 Å². The lowest BCUT2D eigenvalue weighted by Gasteiger charge is -2.22. The number of nitrogens with one attached hydrogen (secondary N) is 3. The summed E-state index contributed by atoms with van der Waals surface area (Å²) in [5.74, 6) is -0.0734. The van der Waals surface area contributed by atoms with Crippen LogP contribution in [0.3, 0.4) is 0 Å². The minimum atomic E-state index is -0.0734. The molecule has 1 aromatic carbocycles. The van der Waals surface area contributed by atoms with Crippen LogP contribution >= 0.6 is 11.3 Å². The third kappa shape index (κ3) is 4.25. The molecule has 0 saturated carbocycles. The molecular weight excluding hydrogens is 298 g/mol. The summed E-state index contributed by atoms with van der Waals surface area (Å²) in [6.07, 6.45) is 2.50. The molecule has 1 amide bonds. The third-order valence-electron chi connectivity index (χ3n) is 3.55. The Labute approximate surface area is 133 Å². The number of hydrogen-bond acceptors (Lipinski definition) is 6. The molecule has 116 valence electrons. The van der Waals surface area contributed by atoms with Gasteiger partial charge in [-0.05, 0) is 31.5 Å². The topological polar surface area (TPSA) is 78.9 Å². The Bertz CT molecular complexity index is 609. The molecule has 0 radical (unpaired) electrons. The number of nitrogens with zero attached hydrogens (tertiary/aromatic N) is 2. The van der Waals surface area contributed by atoms with E-state index in [1.807, 2.05) is 30.3 Å². The molecule has 0 aliphatic carbocycles. The molecule has 0 bridgehead atoms. The largest absolute Gasteiger partial charge is 0.357 e. The first kappa shape index (κ1) is 14.9. The maximum Gasteiger partial charge on any atom is 0.230 e. The minimum absolute atomic E-state index is 0.0734. The van der Waals surface area contributed by atoms with Gasteiger partial charge in [0.2, 0.25) is 16.2 Å². The summed E-state index contributed by atoms with van der Waals surface area (Å²) < 4.78 is 0. The number of aromatic nitrogens is 2. The van der Waals surface area contributed by atoms with Crippen LogP contribution in [0.25, 0.3) is 0 Å². The minimum Gasteiger partial charge on any atom is -0.357 e. The molecule has 0 unspecified atom stereocenters. The summed E-state index contributed by atoms with van der Waals surface area (Å²) in [7, 11) is 0. The van der Waals surface area contributed by atoms with Gasteiger partial charge in [0.15, 0.2) is 0 Å². The first-order valence-corrected chi connectivity index (χ1v) is 8.26. The van der Waals surface area contributed by atoms with E-state index in [-0.39, 0.29) is 5.91 Å². The number of anilines is 2. The zero-order valence-corrected chi connectivity index (χ0v) is 13.0. The summed E-state index contributed by atoms with van der Waals surface area (Å²) in [4.78, 5) is 12.0. The Morgan fingerprint density at radius 2 is 1.91 bits per heavy atom. The monoisotopic (exact) mass is 317 g/mol. The summed E-state index contributed by atoms with van der Waals surface area (Å²) in [6, 6.07) is 10.1. The van der Waals surface area contributed by atoms with Crippen molar-refractivity contribution < 1.29 is 4.79 Å². The van der Waals surface area contributed by atoms with E-state index in [9.17, 15) is 4.79 Å². The van der Waals surface area contributed by atoms with Crippen molar-refractivity contribution in [2.45, 2.75) is 25.3 Å². The lowest BCUT2D eigenvalue weighted by molar-refractivity contribution is -0.115. The lowest BCUT2D eigenvalue weighted by atomic mass is 10.1. The van der Waals surface area contributed by atoms with Gasteiger partial charge in [-0.2, -0.15) is 0 Å². The van der Waals surface area contributed by atoms with Gasteiger partial charge in [0.05, 0.1) is 6.42 Å². The van der Waals surface area contributed by atoms with Gasteiger partial charge >= 0.3 is 0 Å². The maximum absolute atomic E-state index is 12.0. The van der Waals surface area contributed by atoms with Crippen LogP contribution in [0, 0.1) is 0 Å². The van der Waals surface area contributed by atoms with E-state index in [0.717, 1.165) is 36.6 Å². The highest BCUT2D eigenvalue weighted by atomic mass is 32.1. The zero-order chi connectivity index (χ0) is 15.2. The summed E-state index contributed by atoms with van der Waals surface area (Å²) in [6.45, 7) is 2.05. The Morgan fingerprint density at radius 3 is 2.68 bits per heavy atom. The van der Waals surface area contributed by atoms with Crippen LogP contribution in [0.15, 0.2) is 30.3 Å². The molecule has 0 spiro atoms. The Morgan fingerprint density at radius 1 is 1.18 bits per heavy atom. The van der Waals surface area contributed by atoms with Crippen molar-refractivity contribution >= 4 is 27.5 Å². The fourth-order valence-electron chi connectivity index (χ4n) is 2.42. The molecule has 22 heavy (non-hydrogen) atoms. The predicted molar refractivity (Wildman–Crippen MR) is 88.2 cm³/mol. The van der Waals surface area contributed by atoms with Crippen molar-refractivity contribution in [2.75, 3.05) is 23.7 Å². The van der Waals surface area contributed by atoms with Crippen LogP contribution in [0.2, 0.25) is 0 Å². The average molecular weight is 317 g/mol. The predicted octanol–water partition coefficient (Wildman–Crippen LogP) is 1.88. The molecule has 6 nitrogen and oxygen atoms in total. The fraction of sp³-hybridized carbons (Fsp3) is 0.400. The Kier molecular flexibility index (Phi) is 4.97.